The van der Waals surface area contributed by atoms with Crippen molar-refractivity contribution in [1.29, 1.82) is 0 Å². The van der Waals surface area contributed by atoms with Gasteiger partial charge in [0, 0.05) is 16.8 Å². The van der Waals surface area contributed by atoms with E-state index in [4.69, 9.17) is 0 Å². The molecular formula is C57H43NSi. The van der Waals surface area contributed by atoms with Crippen LogP contribution < -0.4 is 25.6 Å². The van der Waals surface area contributed by atoms with E-state index in [1.807, 2.05) is 0 Å². The molecule has 0 bridgehead atoms. The lowest BCUT2D eigenvalue weighted by Crippen LogP contribution is -2.72. The summed E-state index contributed by atoms with van der Waals surface area (Å²) in [6.45, 7) is 0. The van der Waals surface area contributed by atoms with Crippen molar-refractivity contribution in [3.63, 3.8) is 0 Å². The van der Waals surface area contributed by atoms with Crippen molar-refractivity contribution < 1.29 is 0 Å². The van der Waals surface area contributed by atoms with E-state index >= 15 is 0 Å². The first-order chi connectivity index (χ1) is 28.8. The molecule has 0 fully saturated rings. The molecule has 0 aromatic heterocycles. The number of nitrogens with zero attached hydrogens (tertiary/aromatic N) is 1. The molecular weight excluding hydrogens is 727 g/mol. The fraction of sp³-hybridized carbons (Fsp3) is 0.0175. The summed E-state index contributed by atoms with van der Waals surface area (Å²) in [7, 11) is -2.52. The highest BCUT2D eigenvalue weighted by Gasteiger charge is 2.48. The van der Waals surface area contributed by atoms with E-state index in [-0.39, 0.29) is 7.43 Å². The topological polar surface area (TPSA) is 3.24 Å². The monoisotopic (exact) mass is 769 g/mol. The molecule has 0 unspecified atom stereocenters. The maximum Gasteiger partial charge on any atom is 0.180 e. The molecule has 280 valence electrons. The number of fused-ring (bicyclic) bond motifs is 6. The highest BCUT2D eigenvalue weighted by atomic mass is 28.3. The van der Waals surface area contributed by atoms with E-state index in [0.29, 0.717) is 0 Å². The average molecular weight is 770 g/mol. The fourth-order valence-electron chi connectivity index (χ4n) is 9.51. The van der Waals surface area contributed by atoms with E-state index in [2.05, 4.69) is 241 Å². The molecule has 2 heteroatoms. The first-order valence-electron chi connectivity index (χ1n) is 20.1. The summed E-state index contributed by atoms with van der Waals surface area (Å²) in [5.74, 6) is 0. The predicted molar refractivity (Wildman–Crippen MR) is 256 cm³/mol. The molecule has 0 aliphatic carbocycles. The SMILES string of the molecule is C.c1ccc(-c2ccc(N(c3ccc(-c4ccc5c(c4)-c4ccccc4[Si]5(c4ccccc4)c4ccccc4)cc3)c3cc4ccccc4c4ccccc34)cc2)cc1. The van der Waals surface area contributed by atoms with Gasteiger partial charge in [0.05, 0.1) is 5.69 Å². The molecule has 0 spiro atoms. The number of anilines is 3. The Hall–Kier alpha value is -7.26. The molecule has 11 rings (SSSR count). The van der Waals surface area contributed by atoms with Gasteiger partial charge in [0.25, 0.3) is 0 Å². The molecule has 0 saturated heterocycles. The molecule has 10 aromatic rings. The number of hydrogen-bond acceptors (Lipinski definition) is 1. The molecule has 0 atom stereocenters. The Balaban J connectivity index is 0.00000420. The van der Waals surface area contributed by atoms with Crippen LogP contribution in [0, 0.1) is 0 Å². The third-order valence-electron chi connectivity index (χ3n) is 12.1. The van der Waals surface area contributed by atoms with Gasteiger partial charge in [-0.15, -0.1) is 0 Å². The molecule has 59 heavy (non-hydrogen) atoms. The van der Waals surface area contributed by atoms with Gasteiger partial charge < -0.3 is 4.90 Å². The lowest BCUT2D eigenvalue weighted by molar-refractivity contribution is 1.30. The zero-order chi connectivity index (χ0) is 38.5. The maximum atomic E-state index is 2.45. The molecule has 1 nitrogen and oxygen atoms in total. The van der Waals surface area contributed by atoms with E-state index in [1.165, 1.54) is 75.7 Å². The van der Waals surface area contributed by atoms with Crippen LogP contribution in [0.5, 0.6) is 0 Å². The lowest BCUT2D eigenvalue weighted by Gasteiger charge is -2.31. The number of rotatable bonds is 7. The molecule has 10 aromatic carbocycles. The van der Waals surface area contributed by atoms with E-state index in [0.717, 1.165) is 17.1 Å². The minimum atomic E-state index is -2.52. The van der Waals surface area contributed by atoms with Crippen LogP contribution in [0.1, 0.15) is 7.43 Å². The number of hydrogen-bond donors (Lipinski definition) is 0. The Morgan fingerprint density at radius 2 is 0.763 bits per heavy atom. The van der Waals surface area contributed by atoms with Crippen molar-refractivity contribution in [3.05, 3.63) is 237 Å². The third-order valence-corrected chi connectivity index (χ3v) is 17.0. The zero-order valence-corrected chi connectivity index (χ0v) is 33.0. The Morgan fingerprint density at radius 3 is 1.41 bits per heavy atom. The molecule has 0 amide bonds. The van der Waals surface area contributed by atoms with Gasteiger partial charge in [-0.3, -0.25) is 0 Å². The Kier molecular flexibility index (Phi) is 9.13. The third kappa shape index (κ3) is 5.92. The van der Waals surface area contributed by atoms with E-state index in [1.54, 1.807) is 0 Å². The molecule has 0 N–H and O–H groups in total. The molecule has 1 aliphatic rings. The van der Waals surface area contributed by atoms with Crippen LogP contribution in [0.3, 0.4) is 0 Å². The van der Waals surface area contributed by atoms with E-state index < -0.39 is 8.07 Å². The molecule has 0 radical (unpaired) electrons. The summed E-state index contributed by atoms with van der Waals surface area (Å²) >= 11 is 0. The lowest BCUT2D eigenvalue weighted by atomic mass is 9.97. The molecule has 0 saturated carbocycles. The van der Waals surface area contributed by atoms with Gasteiger partial charge in [0.1, 0.15) is 0 Å². The van der Waals surface area contributed by atoms with Gasteiger partial charge in [-0.25, -0.2) is 0 Å². The van der Waals surface area contributed by atoms with Crippen LogP contribution in [0.15, 0.2) is 237 Å². The highest BCUT2D eigenvalue weighted by molar-refractivity contribution is 7.22. The standard InChI is InChI=1S/C56H39NSi.CH4/c1-4-16-40(17-5-1)41-28-33-45(34-29-41)57(54-39-44-18-10-11-23-49(44)50-24-12-13-25-51(50)54)46-35-30-42(31-36-46)43-32-37-56-53(38-43)52-26-14-15-27-55(52)58(56,47-19-6-2-7-20-47)48-21-8-3-9-22-48;/h1-39H;1H4. The van der Waals surface area contributed by atoms with Crippen molar-refractivity contribution >= 4 is 67.4 Å². The second-order valence-corrected chi connectivity index (χ2v) is 19.0. The predicted octanol–water partition coefficient (Wildman–Crippen LogP) is 12.8. The summed E-state index contributed by atoms with van der Waals surface area (Å²) in [5, 5.41) is 10.7. The van der Waals surface area contributed by atoms with Gasteiger partial charge >= 0.3 is 0 Å². The summed E-state index contributed by atoms with van der Waals surface area (Å²) in [5.41, 5.74) is 10.9. The van der Waals surface area contributed by atoms with Crippen LogP contribution in [0.4, 0.5) is 17.1 Å². The average Bonchev–Trinajstić information content (AvgIpc) is 3.61. The van der Waals surface area contributed by atoms with Crippen molar-refractivity contribution in [1.82, 2.24) is 0 Å². The first-order valence-corrected chi connectivity index (χ1v) is 22.1. The van der Waals surface area contributed by atoms with Crippen LogP contribution >= 0.6 is 0 Å². The second kappa shape index (κ2) is 14.9. The van der Waals surface area contributed by atoms with Crippen LogP contribution in [0.25, 0.3) is 54.9 Å². The Bertz CT molecular complexity index is 3040. The minimum Gasteiger partial charge on any atom is -0.310 e. The Labute approximate surface area is 348 Å². The van der Waals surface area contributed by atoms with Gasteiger partial charge in [-0.2, -0.15) is 0 Å². The van der Waals surface area contributed by atoms with Crippen molar-refractivity contribution in [2.45, 2.75) is 7.43 Å². The summed E-state index contributed by atoms with van der Waals surface area (Å²) in [4.78, 5) is 2.42. The van der Waals surface area contributed by atoms with Crippen molar-refractivity contribution in [3.8, 4) is 33.4 Å². The van der Waals surface area contributed by atoms with Gasteiger partial charge in [-0.1, -0.05) is 208 Å². The summed E-state index contributed by atoms with van der Waals surface area (Å²) in [6, 6.07) is 87.5. The smallest absolute Gasteiger partial charge is 0.180 e. The van der Waals surface area contributed by atoms with Crippen LogP contribution in [-0.4, -0.2) is 8.07 Å². The van der Waals surface area contributed by atoms with Crippen molar-refractivity contribution in [2.75, 3.05) is 4.90 Å². The zero-order valence-electron chi connectivity index (χ0n) is 32.0. The quantitative estimate of drug-likeness (QED) is 0.115. The van der Waals surface area contributed by atoms with Crippen molar-refractivity contribution in [2.24, 2.45) is 0 Å². The summed E-state index contributed by atoms with van der Waals surface area (Å²) < 4.78 is 0. The fourth-order valence-corrected chi connectivity index (χ4v) is 14.7. The molecule has 1 aliphatic heterocycles. The van der Waals surface area contributed by atoms with Gasteiger partial charge in [-0.05, 0) is 107 Å². The Morgan fingerprint density at radius 1 is 0.305 bits per heavy atom. The van der Waals surface area contributed by atoms with Gasteiger partial charge in [0.2, 0.25) is 0 Å². The van der Waals surface area contributed by atoms with E-state index in [9.17, 15) is 0 Å². The van der Waals surface area contributed by atoms with Crippen LogP contribution in [-0.2, 0) is 0 Å². The normalized spacial score (nSPS) is 12.4. The van der Waals surface area contributed by atoms with Gasteiger partial charge in [0.15, 0.2) is 8.07 Å². The molecule has 1 heterocycles. The van der Waals surface area contributed by atoms with Crippen LogP contribution in [0.2, 0.25) is 0 Å². The maximum absolute atomic E-state index is 2.52. The second-order valence-electron chi connectivity index (χ2n) is 15.2. The summed E-state index contributed by atoms with van der Waals surface area (Å²) in [6.07, 6.45) is 0. The largest absolute Gasteiger partial charge is 0.310 e. The minimum absolute atomic E-state index is 0. The highest BCUT2D eigenvalue weighted by Crippen LogP contribution is 2.43. The number of benzene rings is 10. The first kappa shape index (κ1) is 36.1.